The van der Waals surface area contributed by atoms with Crippen LogP contribution in [0.5, 0.6) is 0 Å². The van der Waals surface area contributed by atoms with Crippen LogP contribution in [-0.4, -0.2) is 54.9 Å². The Morgan fingerprint density at radius 3 is 2.67 bits per heavy atom. The highest BCUT2D eigenvalue weighted by Crippen LogP contribution is 2.20. The van der Waals surface area contributed by atoms with Gasteiger partial charge in [0.2, 0.25) is 0 Å². The fourth-order valence-corrected chi connectivity index (χ4v) is 4.41. The number of carboxylic acid groups (broad SMARTS) is 1. The Hall–Kier alpha value is -0.310. The fourth-order valence-electron chi connectivity index (χ4n) is 2.45. The van der Waals surface area contributed by atoms with Gasteiger partial charge in [-0.05, 0) is 44.1 Å². The third-order valence-corrected chi connectivity index (χ3v) is 5.93. The van der Waals surface area contributed by atoms with Gasteiger partial charge < -0.3 is 5.11 Å². The number of hydrogen-bond acceptors (Lipinski definition) is 4. The van der Waals surface area contributed by atoms with Crippen molar-refractivity contribution < 1.29 is 18.3 Å². The van der Waals surface area contributed by atoms with Crippen molar-refractivity contribution >= 4 is 27.9 Å². The van der Waals surface area contributed by atoms with Gasteiger partial charge in [0.25, 0.3) is 10.2 Å². The molecule has 1 atom stereocenters. The zero-order valence-electron chi connectivity index (χ0n) is 12.6. The lowest BCUT2D eigenvalue weighted by Crippen LogP contribution is -2.52. The maximum absolute atomic E-state index is 12.2. The molecule has 0 bridgehead atoms. The van der Waals surface area contributed by atoms with Gasteiger partial charge in [0.05, 0.1) is 0 Å². The van der Waals surface area contributed by atoms with Crippen LogP contribution >= 0.6 is 11.8 Å². The number of carboxylic acids is 1. The van der Waals surface area contributed by atoms with Crippen molar-refractivity contribution in [2.45, 2.75) is 51.0 Å². The molecule has 1 fully saturated rings. The van der Waals surface area contributed by atoms with Crippen LogP contribution in [0.4, 0.5) is 0 Å². The summed E-state index contributed by atoms with van der Waals surface area (Å²) in [6, 6.07) is -0.919. The topological polar surface area (TPSA) is 86.7 Å². The minimum Gasteiger partial charge on any atom is -0.480 e. The zero-order chi connectivity index (χ0) is 15.7. The molecular formula is C13H26N2O4S2. The smallest absolute Gasteiger partial charge is 0.322 e. The van der Waals surface area contributed by atoms with E-state index >= 15 is 0 Å². The summed E-state index contributed by atoms with van der Waals surface area (Å²) in [7, 11) is -3.68. The lowest BCUT2D eigenvalue weighted by atomic mass is 10.1. The molecule has 1 rings (SSSR count). The molecule has 0 spiro atoms. The monoisotopic (exact) mass is 338 g/mol. The second kappa shape index (κ2) is 9.66. The van der Waals surface area contributed by atoms with E-state index in [2.05, 4.69) is 11.0 Å². The largest absolute Gasteiger partial charge is 0.480 e. The average molecular weight is 338 g/mol. The van der Waals surface area contributed by atoms with E-state index in [9.17, 15) is 13.2 Å². The van der Waals surface area contributed by atoms with Gasteiger partial charge in [0, 0.05) is 13.1 Å². The molecule has 0 aromatic carbocycles. The van der Waals surface area contributed by atoms with Gasteiger partial charge in [-0.1, -0.05) is 12.8 Å². The molecule has 1 aliphatic heterocycles. The lowest BCUT2D eigenvalue weighted by molar-refractivity contribution is -0.142. The lowest BCUT2D eigenvalue weighted by Gasteiger charge is -2.31. The quantitative estimate of drug-likeness (QED) is 0.592. The predicted molar refractivity (Wildman–Crippen MR) is 85.8 cm³/mol. The number of aliphatic carboxylic acids is 1. The van der Waals surface area contributed by atoms with Crippen LogP contribution in [0.25, 0.3) is 0 Å². The summed E-state index contributed by atoms with van der Waals surface area (Å²) in [5.74, 6) is 0.0805. The van der Waals surface area contributed by atoms with Gasteiger partial charge in [-0.15, -0.1) is 0 Å². The van der Waals surface area contributed by atoms with E-state index in [0.29, 0.717) is 19.5 Å². The number of hydrogen-bond donors (Lipinski definition) is 2. The number of rotatable bonds is 10. The first-order chi connectivity index (χ1) is 9.99. The summed E-state index contributed by atoms with van der Waals surface area (Å²) in [5.41, 5.74) is 0. The number of thioether (sulfide) groups is 1. The van der Waals surface area contributed by atoms with E-state index in [1.807, 2.05) is 11.8 Å². The maximum Gasteiger partial charge on any atom is 0.322 e. The predicted octanol–water partition coefficient (Wildman–Crippen LogP) is 1.68. The Bertz CT molecular complexity index is 414. The van der Waals surface area contributed by atoms with E-state index in [4.69, 9.17) is 5.11 Å². The minimum atomic E-state index is -3.68. The highest BCUT2D eigenvalue weighted by Gasteiger charge is 2.36. The normalized spacial score (nSPS) is 20.5. The van der Waals surface area contributed by atoms with Crippen molar-refractivity contribution in [3.63, 3.8) is 0 Å². The van der Waals surface area contributed by atoms with Crippen LogP contribution < -0.4 is 4.72 Å². The Labute approximate surface area is 131 Å². The van der Waals surface area contributed by atoms with Gasteiger partial charge in [-0.3, -0.25) is 4.79 Å². The molecule has 0 aliphatic carbocycles. The third-order valence-electron chi connectivity index (χ3n) is 3.61. The van der Waals surface area contributed by atoms with Crippen molar-refractivity contribution in [2.24, 2.45) is 0 Å². The number of carbonyl (C=O) groups is 1. The third kappa shape index (κ3) is 6.54. The SMILES string of the molecule is CSCCCCCCNS(=O)(=O)N1CCCCC1C(=O)O. The van der Waals surface area contributed by atoms with Gasteiger partial charge in [0.15, 0.2) is 0 Å². The molecule has 1 unspecified atom stereocenters. The highest BCUT2D eigenvalue weighted by molar-refractivity contribution is 7.98. The van der Waals surface area contributed by atoms with E-state index < -0.39 is 22.2 Å². The second-order valence-corrected chi connectivity index (χ2v) is 7.96. The van der Waals surface area contributed by atoms with Crippen LogP contribution in [0.3, 0.4) is 0 Å². The molecule has 0 aromatic rings. The van der Waals surface area contributed by atoms with Gasteiger partial charge in [-0.2, -0.15) is 24.5 Å². The van der Waals surface area contributed by atoms with Crippen molar-refractivity contribution in [2.75, 3.05) is 25.1 Å². The molecule has 8 heteroatoms. The molecule has 2 N–H and O–H groups in total. The van der Waals surface area contributed by atoms with E-state index in [0.717, 1.165) is 48.6 Å². The summed E-state index contributed by atoms with van der Waals surface area (Å²) in [5, 5.41) is 9.13. The summed E-state index contributed by atoms with van der Waals surface area (Å²) in [6.45, 7) is 0.671. The molecule has 6 nitrogen and oxygen atoms in total. The van der Waals surface area contributed by atoms with Crippen molar-refractivity contribution in [1.82, 2.24) is 9.03 Å². The van der Waals surface area contributed by atoms with Crippen LogP contribution in [0, 0.1) is 0 Å². The van der Waals surface area contributed by atoms with Crippen molar-refractivity contribution in [3.05, 3.63) is 0 Å². The minimum absolute atomic E-state index is 0.292. The first-order valence-electron chi connectivity index (χ1n) is 7.47. The maximum atomic E-state index is 12.2. The van der Waals surface area contributed by atoms with Crippen LogP contribution in [0.1, 0.15) is 44.9 Å². The van der Waals surface area contributed by atoms with Gasteiger partial charge >= 0.3 is 5.97 Å². The molecule has 0 saturated carbocycles. The number of piperidine rings is 1. The van der Waals surface area contributed by atoms with Gasteiger partial charge in [-0.25, -0.2) is 4.72 Å². The summed E-state index contributed by atoms with van der Waals surface area (Å²) in [4.78, 5) is 11.2. The Kier molecular flexibility index (Phi) is 8.62. The van der Waals surface area contributed by atoms with Crippen molar-refractivity contribution in [1.29, 1.82) is 0 Å². The Morgan fingerprint density at radius 2 is 2.00 bits per heavy atom. The van der Waals surface area contributed by atoms with E-state index in [1.165, 1.54) is 0 Å². The Morgan fingerprint density at radius 1 is 1.29 bits per heavy atom. The highest BCUT2D eigenvalue weighted by atomic mass is 32.2. The first-order valence-corrected chi connectivity index (χ1v) is 10.3. The van der Waals surface area contributed by atoms with E-state index in [1.54, 1.807) is 0 Å². The summed E-state index contributed by atoms with van der Waals surface area (Å²) >= 11 is 1.82. The summed E-state index contributed by atoms with van der Waals surface area (Å²) in [6.07, 6.45) is 7.99. The van der Waals surface area contributed by atoms with Crippen LogP contribution in [-0.2, 0) is 15.0 Å². The van der Waals surface area contributed by atoms with Crippen molar-refractivity contribution in [3.8, 4) is 0 Å². The molecule has 1 aliphatic rings. The molecule has 0 amide bonds. The molecular weight excluding hydrogens is 312 g/mol. The van der Waals surface area contributed by atoms with Gasteiger partial charge in [0.1, 0.15) is 6.04 Å². The molecule has 21 heavy (non-hydrogen) atoms. The van der Waals surface area contributed by atoms with E-state index in [-0.39, 0.29) is 0 Å². The molecule has 124 valence electrons. The Balaban J connectivity index is 2.36. The number of nitrogens with zero attached hydrogens (tertiary/aromatic N) is 1. The second-order valence-electron chi connectivity index (χ2n) is 5.27. The molecule has 0 radical (unpaired) electrons. The number of unbranched alkanes of at least 4 members (excludes halogenated alkanes) is 3. The summed E-state index contributed by atoms with van der Waals surface area (Å²) < 4.78 is 28.0. The molecule has 0 aromatic heterocycles. The molecule has 1 saturated heterocycles. The fraction of sp³-hybridized carbons (Fsp3) is 0.923. The van der Waals surface area contributed by atoms with Crippen LogP contribution in [0.2, 0.25) is 0 Å². The zero-order valence-corrected chi connectivity index (χ0v) is 14.2. The van der Waals surface area contributed by atoms with Crippen LogP contribution in [0.15, 0.2) is 0 Å². The number of nitrogens with one attached hydrogen (secondary N) is 1. The molecule has 1 heterocycles. The first kappa shape index (κ1) is 18.7. The average Bonchev–Trinajstić information content (AvgIpc) is 2.46. The standard InChI is InChI=1S/C13H26N2O4S2/c1-20-11-7-3-2-5-9-14-21(18,19)15-10-6-4-8-12(15)13(16)17/h12,14H,2-11H2,1H3,(H,16,17).